The summed E-state index contributed by atoms with van der Waals surface area (Å²) < 4.78 is 18.8. The van der Waals surface area contributed by atoms with Gasteiger partial charge in [-0.05, 0) is 47.7 Å². The van der Waals surface area contributed by atoms with Gasteiger partial charge in [0.2, 0.25) is 0 Å². The molecule has 0 aromatic heterocycles. The van der Waals surface area contributed by atoms with Crippen molar-refractivity contribution in [1.29, 1.82) is 0 Å². The molecule has 1 amide bonds. The Morgan fingerprint density at radius 1 is 1.19 bits per heavy atom. The van der Waals surface area contributed by atoms with Crippen molar-refractivity contribution in [2.75, 3.05) is 6.61 Å². The molecule has 0 radical (unpaired) electrons. The van der Waals surface area contributed by atoms with Gasteiger partial charge in [-0.2, -0.15) is 5.10 Å². The maximum absolute atomic E-state index is 13.4. The van der Waals surface area contributed by atoms with Crippen LogP contribution in [0.15, 0.2) is 47.6 Å². The molecule has 0 spiro atoms. The number of rotatable bonds is 6. The van der Waals surface area contributed by atoms with Gasteiger partial charge >= 0.3 is 0 Å². The molecular formula is C21H25FN2O3. The topological polar surface area (TPSA) is 70.9 Å². The summed E-state index contributed by atoms with van der Waals surface area (Å²) in [6.07, 6.45) is 0.409. The molecule has 144 valence electrons. The maximum atomic E-state index is 13.4. The molecule has 0 aliphatic heterocycles. The van der Waals surface area contributed by atoms with Crippen molar-refractivity contribution >= 4 is 11.6 Å². The molecule has 0 heterocycles. The molecule has 2 aromatic carbocycles. The molecule has 0 saturated heterocycles. The minimum atomic E-state index is -0.489. The van der Waals surface area contributed by atoms with E-state index in [0.29, 0.717) is 17.9 Å². The molecule has 6 heteroatoms. The monoisotopic (exact) mass is 372 g/mol. The fourth-order valence-electron chi connectivity index (χ4n) is 2.43. The van der Waals surface area contributed by atoms with E-state index in [9.17, 15) is 14.3 Å². The maximum Gasteiger partial charge on any atom is 0.277 e. The fraction of sp³-hybridized carbons (Fsp3) is 0.333. The van der Waals surface area contributed by atoms with Gasteiger partial charge in [0.15, 0.2) is 6.61 Å². The summed E-state index contributed by atoms with van der Waals surface area (Å²) in [6.45, 7) is 7.95. The summed E-state index contributed by atoms with van der Waals surface area (Å²) in [7, 11) is 0. The third kappa shape index (κ3) is 5.81. The summed E-state index contributed by atoms with van der Waals surface area (Å²) in [4.78, 5) is 12.0. The highest BCUT2D eigenvalue weighted by molar-refractivity contribution is 6.03. The van der Waals surface area contributed by atoms with Crippen molar-refractivity contribution in [1.82, 2.24) is 5.43 Å². The summed E-state index contributed by atoms with van der Waals surface area (Å²) in [6, 6.07) is 11.2. The van der Waals surface area contributed by atoms with Crippen LogP contribution in [0.5, 0.6) is 11.5 Å². The highest BCUT2D eigenvalue weighted by Gasteiger charge is 2.13. The molecule has 0 bridgehead atoms. The first-order valence-corrected chi connectivity index (χ1v) is 8.78. The second-order valence-corrected chi connectivity index (χ2v) is 7.17. The van der Waals surface area contributed by atoms with Gasteiger partial charge in [0.1, 0.15) is 17.3 Å². The van der Waals surface area contributed by atoms with Crippen LogP contribution in [0.4, 0.5) is 4.39 Å². The molecule has 0 aliphatic carbocycles. The van der Waals surface area contributed by atoms with Crippen LogP contribution in [0.3, 0.4) is 0 Å². The molecule has 27 heavy (non-hydrogen) atoms. The molecule has 2 N–H and O–H groups in total. The number of ether oxygens (including phenoxy) is 1. The van der Waals surface area contributed by atoms with Crippen molar-refractivity contribution in [3.05, 3.63) is 59.4 Å². The van der Waals surface area contributed by atoms with Gasteiger partial charge in [-0.15, -0.1) is 0 Å². The van der Waals surface area contributed by atoms with Crippen LogP contribution >= 0.6 is 0 Å². The van der Waals surface area contributed by atoms with Crippen molar-refractivity contribution in [3.63, 3.8) is 0 Å². The zero-order valence-corrected chi connectivity index (χ0v) is 16.0. The predicted octanol–water partition coefficient (Wildman–Crippen LogP) is 4.14. The van der Waals surface area contributed by atoms with Crippen molar-refractivity contribution < 1.29 is 19.0 Å². The Hall–Kier alpha value is -2.89. The van der Waals surface area contributed by atoms with Gasteiger partial charge in [0.05, 0.1) is 5.71 Å². The Kier molecular flexibility index (Phi) is 6.55. The highest BCUT2D eigenvalue weighted by atomic mass is 19.1. The molecule has 0 unspecified atom stereocenters. The molecule has 2 rings (SSSR count). The zero-order chi connectivity index (χ0) is 20.0. The van der Waals surface area contributed by atoms with E-state index in [4.69, 9.17) is 4.74 Å². The number of aromatic hydroxyl groups is 1. The third-order valence-corrected chi connectivity index (χ3v) is 4.01. The Labute approximate surface area is 158 Å². The van der Waals surface area contributed by atoms with E-state index in [-0.39, 0.29) is 23.3 Å². The van der Waals surface area contributed by atoms with E-state index in [1.807, 2.05) is 24.3 Å². The number of carbonyl (C=O) groups is 1. The number of nitrogens with zero attached hydrogens (tertiary/aromatic N) is 1. The average molecular weight is 372 g/mol. The average Bonchev–Trinajstić information content (AvgIpc) is 2.62. The first kappa shape index (κ1) is 20.4. The number of hydrogen-bond donors (Lipinski definition) is 2. The van der Waals surface area contributed by atoms with Crippen LogP contribution in [0.1, 0.15) is 45.2 Å². The standard InChI is InChI=1S/C21H25FN2O3/c1-5-18(17-12-15(22)8-11-19(17)25)23-24-20(26)13-27-16-9-6-14(7-10-16)21(2,3)4/h6-12,25H,5,13H2,1-4H3,(H,24,26)/b23-18+. The molecule has 5 nitrogen and oxygen atoms in total. The molecule has 2 aromatic rings. The second-order valence-electron chi connectivity index (χ2n) is 7.17. The Morgan fingerprint density at radius 2 is 1.85 bits per heavy atom. The van der Waals surface area contributed by atoms with Gasteiger partial charge in [-0.3, -0.25) is 4.79 Å². The van der Waals surface area contributed by atoms with Crippen LogP contribution < -0.4 is 10.2 Å². The lowest BCUT2D eigenvalue weighted by Gasteiger charge is -2.19. The summed E-state index contributed by atoms with van der Waals surface area (Å²) >= 11 is 0. The number of hydrazone groups is 1. The normalized spacial score (nSPS) is 12.0. The molecule has 0 atom stereocenters. The Bertz CT molecular complexity index is 824. The lowest BCUT2D eigenvalue weighted by atomic mass is 9.87. The van der Waals surface area contributed by atoms with E-state index in [0.717, 1.165) is 6.07 Å². The molecule has 0 saturated carbocycles. The van der Waals surface area contributed by atoms with E-state index >= 15 is 0 Å². The van der Waals surface area contributed by atoms with Gasteiger partial charge in [-0.1, -0.05) is 39.8 Å². The minimum Gasteiger partial charge on any atom is -0.507 e. The smallest absolute Gasteiger partial charge is 0.277 e. The Morgan fingerprint density at radius 3 is 2.44 bits per heavy atom. The van der Waals surface area contributed by atoms with Gasteiger partial charge in [0, 0.05) is 5.56 Å². The SMILES string of the molecule is CC/C(=N\NC(=O)COc1ccc(C(C)(C)C)cc1)c1cc(F)ccc1O. The number of amides is 1. The number of benzene rings is 2. The summed E-state index contributed by atoms with van der Waals surface area (Å²) in [5.74, 6) is -0.448. The molecular weight excluding hydrogens is 347 g/mol. The van der Waals surface area contributed by atoms with E-state index in [1.54, 1.807) is 6.92 Å². The van der Waals surface area contributed by atoms with Crippen LogP contribution in [0.2, 0.25) is 0 Å². The molecule has 0 aliphatic rings. The first-order valence-electron chi connectivity index (χ1n) is 8.78. The van der Waals surface area contributed by atoms with E-state index in [1.165, 1.54) is 17.7 Å². The number of nitrogens with one attached hydrogen (secondary N) is 1. The summed E-state index contributed by atoms with van der Waals surface area (Å²) in [5, 5.41) is 13.8. The number of halogens is 1. The van der Waals surface area contributed by atoms with Crippen LogP contribution in [0.25, 0.3) is 0 Å². The summed E-state index contributed by atoms with van der Waals surface area (Å²) in [5.41, 5.74) is 4.21. The third-order valence-electron chi connectivity index (χ3n) is 4.01. The van der Waals surface area contributed by atoms with Gasteiger partial charge < -0.3 is 9.84 Å². The quantitative estimate of drug-likeness (QED) is 0.591. The number of phenols is 1. The van der Waals surface area contributed by atoms with Crippen LogP contribution in [-0.4, -0.2) is 23.3 Å². The van der Waals surface area contributed by atoms with E-state index in [2.05, 4.69) is 31.3 Å². The fourth-order valence-corrected chi connectivity index (χ4v) is 2.43. The zero-order valence-electron chi connectivity index (χ0n) is 16.0. The lowest BCUT2D eigenvalue weighted by molar-refractivity contribution is -0.123. The number of phenolic OH excluding ortho intramolecular Hbond substituents is 1. The van der Waals surface area contributed by atoms with Gasteiger partial charge in [-0.25, -0.2) is 9.82 Å². The number of carbonyl (C=O) groups excluding carboxylic acids is 1. The van der Waals surface area contributed by atoms with Crippen LogP contribution in [-0.2, 0) is 10.2 Å². The van der Waals surface area contributed by atoms with Crippen LogP contribution in [0, 0.1) is 5.82 Å². The van der Waals surface area contributed by atoms with Crippen molar-refractivity contribution in [2.24, 2.45) is 5.10 Å². The van der Waals surface area contributed by atoms with Crippen molar-refractivity contribution in [2.45, 2.75) is 39.5 Å². The number of hydrogen-bond acceptors (Lipinski definition) is 4. The first-order chi connectivity index (χ1) is 12.7. The van der Waals surface area contributed by atoms with E-state index < -0.39 is 11.7 Å². The minimum absolute atomic E-state index is 0.0453. The highest BCUT2D eigenvalue weighted by Crippen LogP contribution is 2.24. The van der Waals surface area contributed by atoms with Crippen molar-refractivity contribution in [3.8, 4) is 11.5 Å². The second kappa shape index (κ2) is 8.66. The van der Waals surface area contributed by atoms with Gasteiger partial charge in [0.25, 0.3) is 5.91 Å². The Balaban J connectivity index is 1.96. The molecule has 0 fully saturated rings. The lowest BCUT2D eigenvalue weighted by Crippen LogP contribution is -2.26. The predicted molar refractivity (Wildman–Crippen MR) is 104 cm³/mol. The largest absolute Gasteiger partial charge is 0.507 e.